The van der Waals surface area contributed by atoms with Gasteiger partial charge >= 0.3 is 0 Å². The molecule has 12 heteroatoms. The van der Waals surface area contributed by atoms with Crippen LogP contribution in [0.25, 0.3) is 4.96 Å². The number of hydrogen-bond donors (Lipinski definition) is 1. The van der Waals surface area contributed by atoms with Crippen LogP contribution >= 0.6 is 46.1 Å². The number of anilines is 1. The normalized spacial score (nSPS) is 12.0. The van der Waals surface area contributed by atoms with Crippen LogP contribution in [-0.2, 0) is 10.0 Å². The van der Waals surface area contributed by atoms with Crippen LogP contribution in [0.4, 0.5) is 5.82 Å². The number of rotatable bonds is 3. The van der Waals surface area contributed by atoms with Gasteiger partial charge in [-0.2, -0.15) is 8.42 Å². The summed E-state index contributed by atoms with van der Waals surface area (Å²) in [6, 6.07) is 0. The summed E-state index contributed by atoms with van der Waals surface area (Å²) in [7, 11) is -4.04. The molecule has 0 aromatic carbocycles. The average molecular weight is 385 g/mol. The van der Waals surface area contributed by atoms with E-state index in [4.69, 9.17) is 34.8 Å². The smallest absolute Gasteiger partial charge is 0.278 e. The molecule has 0 atom stereocenters. The second-order valence-corrected chi connectivity index (χ2v) is 7.26. The minimum atomic E-state index is -4.04. The van der Waals surface area contributed by atoms with Crippen molar-refractivity contribution in [3.8, 4) is 0 Å². The lowest BCUT2D eigenvalue weighted by Gasteiger charge is -2.08. The fourth-order valence-electron chi connectivity index (χ4n) is 1.57. The topological polar surface area (TPSA) is 89.2 Å². The summed E-state index contributed by atoms with van der Waals surface area (Å²) in [6.45, 7) is 0. The first-order chi connectivity index (χ1) is 9.90. The maximum Gasteiger partial charge on any atom is 0.282 e. The number of sulfonamides is 1. The van der Waals surface area contributed by atoms with E-state index >= 15 is 0 Å². The molecule has 3 aromatic rings. The quantitative estimate of drug-likeness (QED) is 0.701. The Balaban J connectivity index is 2.11. The highest BCUT2D eigenvalue weighted by Crippen LogP contribution is 2.30. The molecule has 21 heavy (non-hydrogen) atoms. The molecule has 7 nitrogen and oxygen atoms in total. The van der Waals surface area contributed by atoms with Gasteiger partial charge in [0.1, 0.15) is 11.3 Å². The van der Waals surface area contributed by atoms with Crippen molar-refractivity contribution >= 4 is 66.9 Å². The van der Waals surface area contributed by atoms with Gasteiger partial charge in [-0.05, 0) is 0 Å². The predicted molar refractivity (Wildman–Crippen MR) is 80.9 cm³/mol. The van der Waals surface area contributed by atoms with Crippen molar-refractivity contribution in [2.24, 2.45) is 0 Å². The van der Waals surface area contributed by atoms with Gasteiger partial charge in [0, 0.05) is 11.6 Å². The molecular weight excluding hydrogens is 381 g/mol. The molecule has 0 radical (unpaired) electrons. The van der Waals surface area contributed by atoms with E-state index in [1.165, 1.54) is 15.7 Å². The third-order valence-corrected chi connectivity index (χ3v) is 5.65. The molecule has 110 valence electrons. The van der Waals surface area contributed by atoms with Gasteiger partial charge < -0.3 is 0 Å². The molecule has 0 unspecified atom stereocenters. The van der Waals surface area contributed by atoms with Gasteiger partial charge in [-0.15, -0.1) is 11.3 Å². The highest BCUT2D eigenvalue weighted by atomic mass is 35.5. The van der Waals surface area contributed by atoms with Gasteiger partial charge in [0.25, 0.3) is 10.0 Å². The number of nitrogens with one attached hydrogen (secondary N) is 1. The zero-order valence-electron chi connectivity index (χ0n) is 9.79. The Morgan fingerprint density at radius 1 is 1.19 bits per heavy atom. The number of fused-ring (bicyclic) bond motifs is 1. The van der Waals surface area contributed by atoms with Gasteiger partial charge in [-0.3, -0.25) is 9.12 Å². The minimum absolute atomic E-state index is 0.0653. The van der Waals surface area contributed by atoms with Crippen molar-refractivity contribution < 1.29 is 8.42 Å². The van der Waals surface area contributed by atoms with Crippen molar-refractivity contribution in [3.05, 3.63) is 33.2 Å². The summed E-state index contributed by atoms with van der Waals surface area (Å²) < 4.78 is 28.5. The van der Waals surface area contributed by atoms with E-state index in [1.54, 1.807) is 11.6 Å². The van der Waals surface area contributed by atoms with E-state index in [0.29, 0.717) is 4.96 Å². The van der Waals surface area contributed by atoms with Gasteiger partial charge in [0.05, 0.1) is 0 Å². The van der Waals surface area contributed by atoms with Crippen LogP contribution in [0.1, 0.15) is 0 Å². The number of nitrogens with zero attached hydrogens (tertiary/aromatic N) is 4. The second-order valence-electron chi connectivity index (χ2n) is 3.70. The van der Waals surface area contributed by atoms with E-state index in [-0.39, 0.29) is 26.2 Å². The van der Waals surface area contributed by atoms with Gasteiger partial charge in [-0.1, -0.05) is 34.8 Å². The van der Waals surface area contributed by atoms with Crippen LogP contribution < -0.4 is 4.72 Å². The van der Waals surface area contributed by atoms with Crippen molar-refractivity contribution in [2.75, 3.05) is 4.72 Å². The largest absolute Gasteiger partial charge is 0.282 e. The molecule has 0 aliphatic heterocycles. The molecule has 0 aliphatic carbocycles. The highest BCUT2D eigenvalue weighted by molar-refractivity contribution is 7.92. The number of thiazole rings is 1. The van der Waals surface area contributed by atoms with Crippen LogP contribution in [0.2, 0.25) is 15.3 Å². The SMILES string of the molecule is O=S(=O)(Nc1ncnc(Cl)c1Cl)c1c(Cl)nc2sccn12. The van der Waals surface area contributed by atoms with Crippen LogP contribution in [0.3, 0.4) is 0 Å². The third kappa shape index (κ3) is 2.55. The monoisotopic (exact) mass is 383 g/mol. The van der Waals surface area contributed by atoms with Gasteiger partial charge in [0.15, 0.2) is 26.1 Å². The Kier molecular flexibility index (Phi) is 3.70. The second kappa shape index (κ2) is 5.25. The summed E-state index contributed by atoms with van der Waals surface area (Å²) in [4.78, 5) is 11.8. The van der Waals surface area contributed by atoms with E-state index in [9.17, 15) is 8.42 Å². The first kappa shape index (κ1) is 14.8. The average Bonchev–Trinajstić information content (AvgIpc) is 2.94. The number of hydrogen-bond acceptors (Lipinski definition) is 6. The number of aromatic nitrogens is 4. The molecule has 3 heterocycles. The van der Waals surface area contributed by atoms with Crippen molar-refractivity contribution in [1.82, 2.24) is 19.4 Å². The van der Waals surface area contributed by atoms with Crippen LogP contribution in [0.15, 0.2) is 22.9 Å². The molecule has 0 fully saturated rings. The van der Waals surface area contributed by atoms with E-state index in [0.717, 1.165) is 6.33 Å². The summed E-state index contributed by atoms with van der Waals surface area (Å²) in [6.07, 6.45) is 2.63. The first-order valence-corrected chi connectivity index (χ1v) is 8.69. The molecule has 0 saturated heterocycles. The lowest BCUT2D eigenvalue weighted by molar-refractivity contribution is 0.596. The molecule has 3 rings (SSSR count). The molecule has 0 amide bonds. The fourth-order valence-corrected chi connectivity index (χ4v) is 4.39. The Labute approximate surface area is 137 Å². The van der Waals surface area contributed by atoms with Crippen molar-refractivity contribution in [2.45, 2.75) is 5.03 Å². The maximum absolute atomic E-state index is 12.4. The maximum atomic E-state index is 12.4. The standard InChI is InChI=1S/C9H4Cl3N5O2S2/c10-4-5(11)13-3-14-7(4)16-21(18,19)8-6(12)15-9-17(8)1-2-20-9/h1-3H,(H,13,14,16). The molecule has 0 bridgehead atoms. The molecule has 0 spiro atoms. The Morgan fingerprint density at radius 2 is 1.95 bits per heavy atom. The minimum Gasteiger partial charge on any atom is -0.278 e. The van der Waals surface area contributed by atoms with Crippen LogP contribution in [0, 0.1) is 0 Å². The zero-order valence-corrected chi connectivity index (χ0v) is 13.7. The highest BCUT2D eigenvalue weighted by Gasteiger charge is 2.26. The Hall–Kier alpha value is -1.13. The molecule has 0 saturated carbocycles. The van der Waals surface area contributed by atoms with Crippen LogP contribution in [-0.4, -0.2) is 27.8 Å². The lowest BCUT2D eigenvalue weighted by atomic mass is 10.6. The Bertz CT molecular complexity index is 936. The van der Waals surface area contributed by atoms with E-state index in [2.05, 4.69) is 19.7 Å². The molecule has 3 aromatic heterocycles. The third-order valence-electron chi connectivity index (χ3n) is 2.41. The van der Waals surface area contributed by atoms with Gasteiger partial charge in [0.2, 0.25) is 0 Å². The first-order valence-electron chi connectivity index (χ1n) is 5.20. The van der Waals surface area contributed by atoms with Crippen molar-refractivity contribution in [1.29, 1.82) is 0 Å². The predicted octanol–water partition coefficient (Wildman–Crippen LogP) is 2.95. The number of imidazole rings is 1. The molecule has 1 N–H and O–H groups in total. The zero-order chi connectivity index (χ0) is 15.2. The summed E-state index contributed by atoms with van der Waals surface area (Å²) in [5.41, 5.74) is 0. The summed E-state index contributed by atoms with van der Waals surface area (Å²) in [5.74, 6) is -0.141. The van der Waals surface area contributed by atoms with Crippen molar-refractivity contribution in [3.63, 3.8) is 0 Å². The fraction of sp³-hybridized carbons (Fsp3) is 0. The Morgan fingerprint density at radius 3 is 2.71 bits per heavy atom. The lowest BCUT2D eigenvalue weighted by Crippen LogP contribution is -2.16. The summed E-state index contributed by atoms with van der Waals surface area (Å²) >= 11 is 18.7. The van der Waals surface area contributed by atoms with E-state index in [1.807, 2.05) is 0 Å². The summed E-state index contributed by atoms with van der Waals surface area (Å²) in [5, 5.41) is 1.16. The molecule has 0 aliphatic rings. The van der Waals surface area contributed by atoms with Crippen LogP contribution in [0.5, 0.6) is 0 Å². The van der Waals surface area contributed by atoms with Gasteiger partial charge in [-0.25, -0.2) is 15.0 Å². The molecular formula is C9H4Cl3N5O2S2. The van der Waals surface area contributed by atoms with E-state index < -0.39 is 10.0 Å². The number of halogens is 3.